The number of halogens is 1. The van der Waals surface area contributed by atoms with Crippen molar-refractivity contribution in [2.75, 3.05) is 0 Å². The molecule has 0 aliphatic rings. The van der Waals surface area contributed by atoms with Crippen LogP contribution in [-0.4, -0.2) is 10.9 Å². The first-order valence-corrected chi connectivity index (χ1v) is 8.40. The molecule has 4 nitrogen and oxygen atoms in total. The normalized spacial score (nSPS) is 10.5. The van der Waals surface area contributed by atoms with E-state index in [9.17, 15) is 9.18 Å². The fourth-order valence-corrected chi connectivity index (χ4v) is 2.63. The summed E-state index contributed by atoms with van der Waals surface area (Å²) in [6.45, 7) is 2.08. The Morgan fingerprint density at radius 1 is 1.04 bits per heavy atom. The summed E-state index contributed by atoms with van der Waals surface area (Å²) >= 11 is 0. The van der Waals surface area contributed by atoms with Gasteiger partial charge < -0.3 is 10.5 Å². The van der Waals surface area contributed by atoms with Crippen molar-refractivity contribution in [3.63, 3.8) is 0 Å². The molecule has 0 unspecified atom stereocenters. The van der Waals surface area contributed by atoms with E-state index in [2.05, 4.69) is 11.9 Å². The van der Waals surface area contributed by atoms with E-state index < -0.39 is 5.91 Å². The number of rotatable bonds is 6. The van der Waals surface area contributed by atoms with Gasteiger partial charge in [-0.3, -0.25) is 4.79 Å². The number of hydrogen-bond donors (Lipinski definition) is 1. The summed E-state index contributed by atoms with van der Waals surface area (Å²) < 4.78 is 18.6. The molecule has 3 aromatic rings. The van der Waals surface area contributed by atoms with Crippen LogP contribution in [0.2, 0.25) is 0 Å². The minimum atomic E-state index is -0.541. The zero-order valence-electron chi connectivity index (χ0n) is 14.4. The second-order valence-electron chi connectivity index (χ2n) is 5.94. The molecular formula is C21H19FN2O2. The number of amides is 1. The Kier molecular flexibility index (Phi) is 5.27. The van der Waals surface area contributed by atoms with Crippen LogP contribution in [0.3, 0.4) is 0 Å². The minimum absolute atomic E-state index is 0.262. The highest BCUT2D eigenvalue weighted by Crippen LogP contribution is 2.26. The van der Waals surface area contributed by atoms with Crippen LogP contribution in [0.25, 0.3) is 11.3 Å². The molecular weight excluding hydrogens is 331 g/mol. The lowest BCUT2D eigenvalue weighted by Gasteiger charge is -2.09. The van der Waals surface area contributed by atoms with Crippen molar-refractivity contribution in [3.8, 4) is 22.8 Å². The summed E-state index contributed by atoms with van der Waals surface area (Å²) in [7, 11) is 0. The average molecular weight is 350 g/mol. The van der Waals surface area contributed by atoms with Crippen LogP contribution < -0.4 is 10.5 Å². The van der Waals surface area contributed by atoms with Gasteiger partial charge >= 0.3 is 0 Å². The number of primary amides is 1. The number of aromatic nitrogens is 1. The van der Waals surface area contributed by atoms with Gasteiger partial charge in [0.2, 0.25) is 0 Å². The molecule has 0 aliphatic carbocycles. The van der Waals surface area contributed by atoms with Crippen LogP contribution >= 0.6 is 0 Å². The summed E-state index contributed by atoms with van der Waals surface area (Å²) in [6, 6.07) is 16.9. The quantitative estimate of drug-likeness (QED) is 0.699. The Bertz CT molecular complexity index is 906. The zero-order valence-corrected chi connectivity index (χ0v) is 14.4. The Hall–Kier alpha value is -3.21. The van der Waals surface area contributed by atoms with E-state index >= 15 is 0 Å². The lowest BCUT2D eigenvalue weighted by molar-refractivity contribution is 0.0995. The molecule has 5 heteroatoms. The van der Waals surface area contributed by atoms with Crippen molar-refractivity contribution in [1.29, 1.82) is 0 Å². The van der Waals surface area contributed by atoms with E-state index in [1.165, 1.54) is 12.1 Å². The molecule has 0 radical (unpaired) electrons. The molecule has 132 valence electrons. The predicted octanol–water partition coefficient (Wildman–Crippen LogP) is 4.73. The number of nitrogens with zero attached hydrogens (tertiary/aromatic N) is 1. The van der Waals surface area contributed by atoms with Crippen LogP contribution in [0.15, 0.2) is 60.7 Å². The maximum absolute atomic E-state index is 12.9. The van der Waals surface area contributed by atoms with Crippen molar-refractivity contribution < 1.29 is 13.9 Å². The molecule has 0 saturated carbocycles. The molecule has 0 bridgehead atoms. The Morgan fingerprint density at radius 2 is 1.65 bits per heavy atom. The molecule has 3 rings (SSSR count). The van der Waals surface area contributed by atoms with Gasteiger partial charge in [-0.1, -0.05) is 13.3 Å². The number of aryl methyl sites for hydroxylation is 1. The average Bonchev–Trinajstić information content (AvgIpc) is 2.64. The van der Waals surface area contributed by atoms with Gasteiger partial charge in [0.25, 0.3) is 5.91 Å². The van der Waals surface area contributed by atoms with E-state index in [0.717, 1.165) is 24.0 Å². The van der Waals surface area contributed by atoms with Gasteiger partial charge in [0, 0.05) is 5.56 Å². The maximum atomic E-state index is 12.9. The predicted molar refractivity (Wildman–Crippen MR) is 98.7 cm³/mol. The molecule has 0 saturated heterocycles. The summed E-state index contributed by atoms with van der Waals surface area (Å²) in [5.74, 6) is 0.329. The van der Waals surface area contributed by atoms with E-state index in [-0.39, 0.29) is 11.5 Å². The van der Waals surface area contributed by atoms with Gasteiger partial charge in [-0.2, -0.15) is 0 Å². The second kappa shape index (κ2) is 7.78. The van der Waals surface area contributed by atoms with E-state index in [1.807, 2.05) is 18.2 Å². The molecule has 26 heavy (non-hydrogen) atoms. The standard InChI is InChI=1S/C21H19FN2O2/c1-2-3-14-12-19(24-20(13-14)21(23)25)15-4-8-17(9-5-15)26-18-10-6-16(22)7-11-18/h4-13H,2-3H2,1H3,(H2,23,25). The van der Waals surface area contributed by atoms with Gasteiger partial charge in [0.1, 0.15) is 23.0 Å². The third-order valence-electron chi connectivity index (χ3n) is 3.88. The monoisotopic (exact) mass is 350 g/mol. The molecule has 0 spiro atoms. The van der Waals surface area contributed by atoms with Gasteiger partial charge in [0.05, 0.1) is 5.69 Å². The lowest BCUT2D eigenvalue weighted by Crippen LogP contribution is -2.14. The van der Waals surface area contributed by atoms with Crippen molar-refractivity contribution in [2.24, 2.45) is 5.73 Å². The fourth-order valence-electron chi connectivity index (χ4n) is 2.63. The molecule has 0 atom stereocenters. The number of hydrogen-bond acceptors (Lipinski definition) is 3. The first-order valence-electron chi connectivity index (χ1n) is 8.40. The highest BCUT2D eigenvalue weighted by molar-refractivity contribution is 5.91. The van der Waals surface area contributed by atoms with Crippen LogP contribution in [-0.2, 0) is 6.42 Å². The first-order chi connectivity index (χ1) is 12.5. The first kappa shape index (κ1) is 17.6. The SMILES string of the molecule is CCCc1cc(C(N)=O)nc(-c2ccc(Oc3ccc(F)cc3)cc2)c1. The fraction of sp³-hybridized carbons (Fsp3) is 0.143. The third kappa shape index (κ3) is 4.25. The van der Waals surface area contributed by atoms with Crippen LogP contribution in [0.4, 0.5) is 4.39 Å². The Labute approximate surface area is 151 Å². The number of ether oxygens (including phenoxy) is 1. The van der Waals surface area contributed by atoms with Crippen LogP contribution in [0.5, 0.6) is 11.5 Å². The lowest BCUT2D eigenvalue weighted by atomic mass is 10.0. The van der Waals surface area contributed by atoms with Crippen molar-refractivity contribution in [3.05, 3.63) is 77.7 Å². The molecule has 0 aliphatic heterocycles. The Morgan fingerprint density at radius 3 is 2.23 bits per heavy atom. The van der Waals surface area contributed by atoms with Crippen molar-refractivity contribution >= 4 is 5.91 Å². The van der Waals surface area contributed by atoms with Crippen molar-refractivity contribution in [1.82, 2.24) is 4.98 Å². The van der Waals surface area contributed by atoms with Crippen LogP contribution in [0, 0.1) is 5.82 Å². The maximum Gasteiger partial charge on any atom is 0.267 e. The van der Waals surface area contributed by atoms with E-state index in [0.29, 0.717) is 17.2 Å². The van der Waals surface area contributed by atoms with Gasteiger partial charge in [-0.15, -0.1) is 0 Å². The van der Waals surface area contributed by atoms with Crippen molar-refractivity contribution in [2.45, 2.75) is 19.8 Å². The zero-order chi connectivity index (χ0) is 18.5. The van der Waals surface area contributed by atoms with E-state index in [4.69, 9.17) is 10.5 Å². The molecule has 0 fully saturated rings. The summed E-state index contributed by atoms with van der Waals surface area (Å²) in [4.78, 5) is 15.9. The number of carbonyl (C=O) groups excluding carboxylic acids is 1. The van der Waals surface area contributed by atoms with Crippen LogP contribution in [0.1, 0.15) is 29.4 Å². The smallest absolute Gasteiger partial charge is 0.267 e. The van der Waals surface area contributed by atoms with Gasteiger partial charge in [0.15, 0.2) is 0 Å². The summed E-state index contributed by atoms with van der Waals surface area (Å²) in [5, 5.41) is 0. The highest BCUT2D eigenvalue weighted by atomic mass is 19.1. The second-order valence-corrected chi connectivity index (χ2v) is 5.94. The molecule has 2 N–H and O–H groups in total. The minimum Gasteiger partial charge on any atom is -0.457 e. The molecule has 1 heterocycles. The Balaban J connectivity index is 1.85. The number of carbonyl (C=O) groups is 1. The van der Waals surface area contributed by atoms with Gasteiger partial charge in [-0.25, -0.2) is 9.37 Å². The summed E-state index contributed by atoms with van der Waals surface area (Å²) in [5.41, 5.74) is 8.24. The molecule has 1 amide bonds. The number of nitrogens with two attached hydrogens (primary N) is 1. The summed E-state index contributed by atoms with van der Waals surface area (Å²) in [6.07, 6.45) is 1.81. The topological polar surface area (TPSA) is 65.2 Å². The number of pyridine rings is 1. The highest BCUT2D eigenvalue weighted by Gasteiger charge is 2.09. The third-order valence-corrected chi connectivity index (χ3v) is 3.88. The largest absolute Gasteiger partial charge is 0.457 e. The molecule has 2 aromatic carbocycles. The number of benzene rings is 2. The molecule has 1 aromatic heterocycles. The van der Waals surface area contributed by atoms with Gasteiger partial charge in [-0.05, 0) is 72.6 Å². The van der Waals surface area contributed by atoms with E-state index in [1.54, 1.807) is 30.3 Å².